The van der Waals surface area contributed by atoms with Gasteiger partial charge in [0.2, 0.25) is 11.1 Å². The van der Waals surface area contributed by atoms with Gasteiger partial charge in [-0.2, -0.15) is 4.98 Å². The van der Waals surface area contributed by atoms with E-state index in [1.54, 1.807) is 34.6 Å². The summed E-state index contributed by atoms with van der Waals surface area (Å²) in [5.41, 5.74) is 2.23. The zero-order valence-corrected chi connectivity index (χ0v) is 24.8. The molecule has 1 aromatic heterocycles. The first kappa shape index (κ1) is 28.9. The number of allylic oxidation sites excluding steroid dienone is 1. The molecular weight excluding hydrogens is 587 g/mol. The van der Waals surface area contributed by atoms with Crippen molar-refractivity contribution in [3.05, 3.63) is 69.1 Å². The van der Waals surface area contributed by atoms with Gasteiger partial charge in [-0.3, -0.25) is 0 Å². The maximum Gasteiger partial charge on any atom is 0.338 e. The Morgan fingerprint density at radius 1 is 1.18 bits per heavy atom. The Morgan fingerprint density at radius 2 is 1.97 bits per heavy atom. The molecule has 2 heterocycles. The lowest BCUT2D eigenvalue weighted by Crippen LogP contribution is -2.30. The van der Waals surface area contributed by atoms with E-state index in [4.69, 9.17) is 19.3 Å². The molecule has 39 heavy (non-hydrogen) atoms. The molecule has 1 aliphatic rings. The van der Waals surface area contributed by atoms with E-state index in [-0.39, 0.29) is 12.4 Å². The predicted molar refractivity (Wildman–Crippen MR) is 153 cm³/mol. The van der Waals surface area contributed by atoms with Crippen LogP contribution in [0.2, 0.25) is 0 Å². The molecule has 3 aromatic rings. The Hall–Kier alpha value is -3.05. The molecule has 0 spiro atoms. The number of carbonyl (C=O) groups excluding carboxylic acids is 1. The number of anilines is 1. The zero-order chi connectivity index (χ0) is 27.9. The van der Waals surface area contributed by atoms with E-state index in [0.717, 1.165) is 17.7 Å². The first-order valence-corrected chi connectivity index (χ1v) is 14.7. The van der Waals surface area contributed by atoms with Crippen LogP contribution in [0.5, 0.6) is 11.5 Å². The Kier molecular flexibility index (Phi) is 9.90. The minimum atomic E-state index is -0.620. The van der Waals surface area contributed by atoms with Crippen molar-refractivity contribution in [3.63, 3.8) is 0 Å². The molecule has 0 saturated carbocycles. The van der Waals surface area contributed by atoms with Crippen molar-refractivity contribution in [2.24, 2.45) is 0 Å². The van der Waals surface area contributed by atoms with Crippen LogP contribution in [0.15, 0.2) is 57.3 Å². The molecule has 11 heteroatoms. The monoisotopic (exact) mass is 618 g/mol. The van der Waals surface area contributed by atoms with Crippen LogP contribution in [0.1, 0.15) is 57.7 Å². The number of fused-ring (bicyclic) bond motifs is 1. The van der Waals surface area contributed by atoms with Crippen molar-refractivity contribution in [1.82, 2.24) is 14.8 Å². The molecule has 0 fully saturated rings. The molecule has 4 rings (SSSR count). The van der Waals surface area contributed by atoms with Crippen LogP contribution in [0.4, 0.5) is 10.3 Å². The number of hydrogen-bond acceptors (Lipinski definition) is 8. The van der Waals surface area contributed by atoms with Gasteiger partial charge in [0.25, 0.3) is 0 Å². The van der Waals surface area contributed by atoms with Crippen LogP contribution >= 0.6 is 27.7 Å². The summed E-state index contributed by atoms with van der Waals surface area (Å²) in [6.07, 6.45) is 1.69. The van der Waals surface area contributed by atoms with Crippen molar-refractivity contribution >= 4 is 39.6 Å². The summed E-state index contributed by atoms with van der Waals surface area (Å²) in [5.74, 6) is 1.54. The second-order valence-corrected chi connectivity index (χ2v) is 10.8. The number of esters is 1. The number of benzene rings is 2. The third kappa shape index (κ3) is 6.58. The minimum Gasteiger partial charge on any atom is -0.490 e. The topological polar surface area (TPSA) is 87.5 Å². The minimum absolute atomic E-state index is 0.0247. The van der Waals surface area contributed by atoms with Crippen molar-refractivity contribution in [3.8, 4) is 11.5 Å². The van der Waals surface area contributed by atoms with E-state index in [9.17, 15) is 9.18 Å². The molecule has 1 atom stereocenters. The standard InChI is InChI=1S/C28H32BrFN4O4S/c1-5-12-37-26(35)23-17(4)31-27-32-28(39-13-6-2)33-34(27)24(23)19-14-20(29)25(22(15-19)36-7-3)38-16-18-10-8-9-11-21(18)30/h8-11,14-15,24H,5-7,12-13,16H2,1-4H3,(H,31,32,33). The molecule has 2 aromatic carbocycles. The van der Waals surface area contributed by atoms with Crippen molar-refractivity contribution in [2.75, 3.05) is 24.3 Å². The molecule has 0 radical (unpaired) electrons. The summed E-state index contributed by atoms with van der Waals surface area (Å²) < 4.78 is 34.1. The van der Waals surface area contributed by atoms with Gasteiger partial charge >= 0.3 is 5.97 Å². The Balaban J connectivity index is 1.78. The number of carbonyl (C=O) groups is 1. The van der Waals surface area contributed by atoms with E-state index in [0.29, 0.717) is 63.5 Å². The van der Waals surface area contributed by atoms with Gasteiger partial charge in [0.05, 0.1) is 23.3 Å². The molecule has 0 aliphatic carbocycles. The van der Waals surface area contributed by atoms with Crippen LogP contribution in [0.25, 0.3) is 0 Å². The predicted octanol–water partition coefficient (Wildman–Crippen LogP) is 6.90. The molecule has 0 amide bonds. The number of rotatable bonds is 12. The first-order valence-electron chi connectivity index (χ1n) is 12.9. The van der Waals surface area contributed by atoms with Gasteiger partial charge in [-0.05, 0) is 66.4 Å². The molecule has 0 saturated heterocycles. The zero-order valence-electron chi connectivity index (χ0n) is 22.4. The quantitative estimate of drug-likeness (QED) is 0.173. The Labute approximate surface area is 240 Å². The summed E-state index contributed by atoms with van der Waals surface area (Å²) in [4.78, 5) is 18.0. The highest BCUT2D eigenvalue weighted by Crippen LogP contribution is 2.43. The third-order valence-electron chi connectivity index (χ3n) is 5.90. The number of thioether (sulfide) groups is 1. The van der Waals surface area contributed by atoms with Crippen molar-refractivity contribution < 1.29 is 23.4 Å². The van der Waals surface area contributed by atoms with Crippen LogP contribution in [-0.2, 0) is 16.1 Å². The SMILES string of the molecule is CCCOC(=O)C1=C(C)Nc2nc(SCCC)nn2C1c1cc(Br)c(OCc2ccccc2F)c(OCC)c1. The normalized spacial score (nSPS) is 14.6. The first-order chi connectivity index (χ1) is 18.9. The lowest BCUT2D eigenvalue weighted by Gasteiger charge is -2.29. The van der Waals surface area contributed by atoms with Gasteiger partial charge in [-0.15, -0.1) is 5.10 Å². The summed E-state index contributed by atoms with van der Waals surface area (Å²) in [5, 5.41) is 8.59. The average Bonchev–Trinajstić information content (AvgIpc) is 3.32. The highest BCUT2D eigenvalue weighted by Gasteiger charge is 2.36. The van der Waals surface area contributed by atoms with Crippen molar-refractivity contribution in [2.45, 2.75) is 58.3 Å². The van der Waals surface area contributed by atoms with E-state index in [2.05, 4.69) is 33.2 Å². The number of aromatic nitrogens is 3. The second kappa shape index (κ2) is 13.3. The molecular formula is C28H32BrFN4O4S. The largest absolute Gasteiger partial charge is 0.490 e. The van der Waals surface area contributed by atoms with Gasteiger partial charge in [-0.25, -0.2) is 13.9 Å². The molecule has 1 aliphatic heterocycles. The number of nitrogens with one attached hydrogen (secondary N) is 1. The fraction of sp³-hybridized carbons (Fsp3) is 0.393. The van der Waals surface area contributed by atoms with E-state index < -0.39 is 12.0 Å². The third-order valence-corrected chi connectivity index (χ3v) is 7.54. The number of hydrogen-bond donors (Lipinski definition) is 1. The number of ether oxygens (including phenoxy) is 3. The summed E-state index contributed by atoms with van der Waals surface area (Å²) in [7, 11) is 0. The van der Waals surface area contributed by atoms with Gasteiger partial charge in [0.1, 0.15) is 18.5 Å². The van der Waals surface area contributed by atoms with Gasteiger partial charge in [0, 0.05) is 17.0 Å². The maximum atomic E-state index is 14.2. The maximum absolute atomic E-state index is 14.2. The molecule has 208 valence electrons. The number of nitrogens with zero attached hydrogens (tertiary/aromatic N) is 3. The van der Waals surface area contributed by atoms with Gasteiger partial charge < -0.3 is 19.5 Å². The summed E-state index contributed by atoms with van der Waals surface area (Å²) in [6.45, 7) is 8.46. The Morgan fingerprint density at radius 3 is 2.69 bits per heavy atom. The Bertz CT molecular complexity index is 1360. The van der Waals surface area contributed by atoms with E-state index >= 15 is 0 Å². The summed E-state index contributed by atoms with van der Waals surface area (Å²) >= 11 is 5.18. The molecule has 8 nitrogen and oxygen atoms in total. The van der Waals surface area contributed by atoms with Gasteiger partial charge in [-0.1, -0.05) is 43.8 Å². The highest BCUT2D eigenvalue weighted by molar-refractivity contribution is 9.10. The van der Waals surface area contributed by atoms with Crippen LogP contribution in [0, 0.1) is 5.82 Å². The van der Waals surface area contributed by atoms with Crippen LogP contribution < -0.4 is 14.8 Å². The fourth-order valence-electron chi connectivity index (χ4n) is 4.15. The molecule has 1 N–H and O–H groups in total. The van der Waals surface area contributed by atoms with Crippen LogP contribution in [-0.4, -0.2) is 39.7 Å². The lowest BCUT2D eigenvalue weighted by atomic mass is 9.95. The average molecular weight is 620 g/mol. The summed E-state index contributed by atoms with van der Waals surface area (Å²) in [6, 6.07) is 9.54. The smallest absolute Gasteiger partial charge is 0.338 e. The number of halogens is 2. The van der Waals surface area contributed by atoms with Crippen molar-refractivity contribution in [1.29, 1.82) is 0 Å². The van der Waals surface area contributed by atoms with E-state index in [1.165, 1.54) is 6.07 Å². The van der Waals surface area contributed by atoms with Crippen LogP contribution in [0.3, 0.4) is 0 Å². The second-order valence-electron chi connectivity index (χ2n) is 8.86. The highest BCUT2D eigenvalue weighted by atomic mass is 79.9. The fourth-order valence-corrected chi connectivity index (χ4v) is 5.40. The lowest BCUT2D eigenvalue weighted by molar-refractivity contribution is -0.139. The van der Waals surface area contributed by atoms with E-state index in [1.807, 2.05) is 32.9 Å². The molecule has 0 bridgehead atoms. The van der Waals surface area contributed by atoms with Gasteiger partial charge in [0.15, 0.2) is 11.5 Å². The molecule has 1 unspecified atom stereocenters.